The third-order valence-corrected chi connectivity index (χ3v) is 3.19. The number of nitrogens with one attached hydrogen (secondary N) is 1. The molecule has 1 unspecified atom stereocenters. The fourth-order valence-electron chi connectivity index (χ4n) is 1.42. The molecule has 0 fully saturated rings. The molecule has 0 saturated carbocycles. The van der Waals surface area contributed by atoms with Gasteiger partial charge in [0.25, 0.3) is 0 Å². The molecule has 5 heteroatoms. The topological polar surface area (TPSA) is 61.7 Å². The van der Waals surface area contributed by atoms with Gasteiger partial charge in [-0.05, 0) is 36.7 Å². The van der Waals surface area contributed by atoms with Gasteiger partial charge in [0.15, 0.2) is 0 Å². The Balaban J connectivity index is 2.56. The normalized spacial score (nSPS) is 12.4. The van der Waals surface area contributed by atoms with E-state index in [2.05, 4.69) is 28.2 Å². The van der Waals surface area contributed by atoms with E-state index in [0.29, 0.717) is 5.75 Å². The molecule has 3 N–H and O–H groups in total. The SMILES string of the molecule is CCCNCc1cc(OCC(O)CO)ccc1Br. The molecule has 1 atom stereocenters. The average molecular weight is 318 g/mol. The van der Waals surface area contributed by atoms with Crippen molar-refractivity contribution in [3.05, 3.63) is 28.2 Å². The van der Waals surface area contributed by atoms with E-state index < -0.39 is 6.10 Å². The van der Waals surface area contributed by atoms with Crippen LogP contribution in [0.5, 0.6) is 5.75 Å². The van der Waals surface area contributed by atoms with Crippen molar-refractivity contribution in [1.29, 1.82) is 0 Å². The maximum absolute atomic E-state index is 9.22. The number of halogens is 1. The Morgan fingerprint density at radius 1 is 1.44 bits per heavy atom. The van der Waals surface area contributed by atoms with Crippen molar-refractivity contribution in [2.24, 2.45) is 0 Å². The maximum atomic E-state index is 9.22. The largest absolute Gasteiger partial charge is 0.491 e. The first kappa shape index (κ1) is 15.4. The second-order valence-corrected chi connectivity index (χ2v) is 4.93. The van der Waals surface area contributed by atoms with Gasteiger partial charge in [0.05, 0.1) is 6.61 Å². The Morgan fingerprint density at radius 3 is 2.89 bits per heavy atom. The molecule has 4 nitrogen and oxygen atoms in total. The number of benzene rings is 1. The van der Waals surface area contributed by atoms with Gasteiger partial charge < -0.3 is 20.3 Å². The van der Waals surface area contributed by atoms with Crippen molar-refractivity contribution in [3.63, 3.8) is 0 Å². The van der Waals surface area contributed by atoms with Crippen LogP contribution in [-0.2, 0) is 6.54 Å². The van der Waals surface area contributed by atoms with Crippen LogP contribution >= 0.6 is 15.9 Å². The summed E-state index contributed by atoms with van der Waals surface area (Å²) in [7, 11) is 0. The van der Waals surface area contributed by atoms with Crippen LogP contribution in [0.3, 0.4) is 0 Å². The minimum atomic E-state index is -0.838. The summed E-state index contributed by atoms with van der Waals surface area (Å²) in [5, 5.41) is 21.2. The Bertz CT molecular complexity index is 360. The highest BCUT2D eigenvalue weighted by Gasteiger charge is 2.05. The summed E-state index contributed by atoms with van der Waals surface area (Å²) in [6.07, 6.45) is 0.256. The number of hydrogen-bond donors (Lipinski definition) is 3. The lowest BCUT2D eigenvalue weighted by Crippen LogP contribution is -2.21. The van der Waals surface area contributed by atoms with Gasteiger partial charge in [-0.15, -0.1) is 0 Å². The van der Waals surface area contributed by atoms with Crippen molar-refractivity contribution in [2.45, 2.75) is 26.0 Å². The Kier molecular flexibility index (Phi) is 7.27. The molecule has 0 radical (unpaired) electrons. The number of aliphatic hydroxyl groups is 2. The molecule has 102 valence electrons. The van der Waals surface area contributed by atoms with Crippen LogP contribution in [0.4, 0.5) is 0 Å². The molecular formula is C13H20BrNO3. The highest BCUT2D eigenvalue weighted by molar-refractivity contribution is 9.10. The van der Waals surface area contributed by atoms with E-state index in [1.165, 1.54) is 0 Å². The zero-order chi connectivity index (χ0) is 13.4. The molecule has 0 saturated heterocycles. The van der Waals surface area contributed by atoms with E-state index in [4.69, 9.17) is 9.84 Å². The van der Waals surface area contributed by atoms with Gasteiger partial charge in [0.2, 0.25) is 0 Å². The van der Waals surface area contributed by atoms with Gasteiger partial charge in [-0.2, -0.15) is 0 Å². The minimum Gasteiger partial charge on any atom is -0.491 e. The van der Waals surface area contributed by atoms with Crippen molar-refractivity contribution in [1.82, 2.24) is 5.32 Å². The van der Waals surface area contributed by atoms with Crippen LogP contribution in [0.25, 0.3) is 0 Å². The summed E-state index contributed by atoms with van der Waals surface area (Å²) < 4.78 is 6.43. The van der Waals surface area contributed by atoms with Crippen LogP contribution in [0.1, 0.15) is 18.9 Å². The van der Waals surface area contributed by atoms with Gasteiger partial charge in [-0.25, -0.2) is 0 Å². The van der Waals surface area contributed by atoms with Gasteiger partial charge >= 0.3 is 0 Å². The fourth-order valence-corrected chi connectivity index (χ4v) is 1.81. The predicted molar refractivity (Wildman–Crippen MR) is 74.7 cm³/mol. The smallest absolute Gasteiger partial charge is 0.119 e. The van der Waals surface area contributed by atoms with E-state index >= 15 is 0 Å². The summed E-state index contributed by atoms with van der Waals surface area (Å²) in [6.45, 7) is 3.67. The van der Waals surface area contributed by atoms with Gasteiger partial charge in [0, 0.05) is 11.0 Å². The Morgan fingerprint density at radius 2 is 2.22 bits per heavy atom. The van der Waals surface area contributed by atoms with Gasteiger partial charge in [0.1, 0.15) is 18.5 Å². The minimum absolute atomic E-state index is 0.0972. The number of ether oxygens (including phenoxy) is 1. The number of rotatable bonds is 8. The first-order valence-corrected chi connectivity index (χ1v) is 6.87. The van der Waals surface area contributed by atoms with Crippen molar-refractivity contribution < 1.29 is 14.9 Å². The number of aliphatic hydroxyl groups excluding tert-OH is 2. The molecule has 0 amide bonds. The van der Waals surface area contributed by atoms with Crippen molar-refractivity contribution in [3.8, 4) is 5.75 Å². The molecule has 0 bridgehead atoms. The standard InChI is InChI=1S/C13H20BrNO3/c1-2-5-15-7-10-6-12(3-4-13(10)14)18-9-11(17)8-16/h3-4,6,11,15-17H,2,5,7-9H2,1H3. The lowest BCUT2D eigenvalue weighted by Gasteiger charge is -2.12. The highest BCUT2D eigenvalue weighted by atomic mass is 79.9. The van der Waals surface area contributed by atoms with Gasteiger partial charge in [-0.3, -0.25) is 0 Å². The summed E-state index contributed by atoms with van der Waals surface area (Å²) in [5.41, 5.74) is 1.11. The lowest BCUT2D eigenvalue weighted by molar-refractivity contribution is 0.0536. The highest BCUT2D eigenvalue weighted by Crippen LogP contribution is 2.22. The molecule has 0 aliphatic carbocycles. The molecule has 18 heavy (non-hydrogen) atoms. The van der Waals surface area contributed by atoms with E-state index in [1.54, 1.807) is 0 Å². The first-order chi connectivity index (χ1) is 8.67. The molecule has 1 aromatic carbocycles. The summed E-state index contributed by atoms with van der Waals surface area (Å²) >= 11 is 3.49. The van der Waals surface area contributed by atoms with E-state index in [1.807, 2.05) is 18.2 Å². The zero-order valence-electron chi connectivity index (χ0n) is 10.5. The molecule has 0 heterocycles. The molecule has 1 aromatic rings. The second kappa shape index (κ2) is 8.48. The zero-order valence-corrected chi connectivity index (χ0v) is 12.1. The van der Waals surface area contributed by atoms with E-state index in [-0.39, 0.29) is 13.2 Å². The van der Waals surface area contributed by atoms with Crippen molar-refractivity contribution >= 4 is 15.9 Å². The molecule has 0 spiro atoms. The molecule has 0 aromatic heterocycles. The number of hydrogen-bond acceptors (Lipinski definition) is 4. The summed E-state index contributed by atoms with van der Waals surface area (Å²) in [4.78, 5) is 0. The monoisotopic (exact) mass is 317 g/mol. The first-order valence-electron chi connectivity index (χ1n) is 6.08. The summed E-state index contributed by atoms with van der Waals surface area (Å²) in [5.74, 6) is 0.694. The van der Waals surface area contributed by atoms with Gasteiger partial charge in [-0.1, -0.05) is 22.9 Å². The second-order valence-electron chi connectivity index (χ2n) is 4.08. The summed E-state index contributed by atoms with van der Waals surface area (Å²) in [6, 6.07) is 5.68. The molecule has 1 rings (SSSR count). The maximum Gasteiger partial charge on any atom is 0.119 e. The quantitative estimate of drug-likeness (QED) is 0.638. The molecular weight excluding hydrogens is 298 g/mol. The Labute approximate surface area is 116 Å². The van der Waals surface area contributed by atoms with E-state index in [0.717, 1.165) is 29.5 Å². The molecule has 0 aliphatic rings. The van der Waals surface area contributed by atoms with Crippen LogP contribution in [0.15, 0.2) is 22.7 Å². The average Bonchev–Trinajstić information content (AvgIpc) is 2.39. The third-order valence-electron chi connectivity index (χ3n) is 2.41. The van der Waals surface area contributed by atoms with Crippen LogP contribution in [0, 0.1) is 0 Å². The van der Waals surface area contributed by atoms with Crippen LogP contribution in [-0.4, -0.2) is 36.1 Å². The van der Waals surface area contributed by atoms with E-state index in [9.17, 15) is 5.11 Å². The van der Waals surface area contributed by atoms with Crippen molar-refractivity contribution in [2.75, 3.05) is 19.8 Å². The third kappa shape index (κ3) is 5.35. The van der Waals surface area contributed by atoms with Crippen LogP contribution < -0.4 is 10.1 Å². The molecule has 0 aliphatic heterocycles. The fraction of sp³-hybridized carbons (Fsp3) is 0.538. The Hall–Kier alpha value is -0.620. The van der Waals surface area contributed by atoms with Crippen LogP contribution in [0.2, 0.25) is 0 Å². The predicted octanol–water partition coefficient (Wildman–Crippen LogP) is 1.68. The lowest BCUT2D eigenvalue weighted by atomic mass is 10.2.